The van der Waals surface area contributed by atoms with Gasteiger partial charge < -0.3 is 10.0 Å². The number of aromatic carboxylic acids is 1. The van der Waals surface area contributed by atoms with E-state index in [9.17, 15) is 9.59 Å². The Bertz CT molecular complexity index is 1060. The van der Waals surface area contributed by atoms with Gasteiger partial charge in [-0.3, -0.25) is 14.8 Å². The maximum absolute atomic E-state index is 12.8. The van der Waals surface area contributed by atoms with Crippen LogP contribution < -0.4 is 0 Å². The van der Waals surface area contributed by atoms with E-state index in [4.69, 9.17) is 5.11 Å². The van der Waals surface area contributed by atoms with Crippen molar-refractivity contribution in [3.63, 3.8) is 0 Å². The van der Waals surface area contributed by atoms with Crippen molar-refractivity contribution in [2.75, 3.05) is 13.1 Å². The Labute approximate surface area is 167 Å². The summed E-state index contributed by atoms with van der Waals surface area (Å²) in [5, 5.41) is 17.3. The van der Waals surface area contributed by atoms with Gasteiger partial charge in [0.25, 0.3) is 5.91 Å². The Hall–Kier alpha value is -3.62. The lowest BCUT2D eigenvalue weighted by Gasteiger charge is -2.30. The predicted molar refractivity (Wildman–Crippen MR) is 104 cm³/mol. The Morgan fingerprint density at radius 3 is 2.69 bits per heavy atom. The third kappa shape index (κ3) is 3.98. The number of carbonyl (C=O) groups excluding carboxylic acids is 1. The van der Waals surface area contributed by atoms with Crippen LogP contribution in [0.5, 0.6) is 0 Å². The van der Waals surface area contributed by atoms with Gasteiger partial charge in [0.1, 0.15) is 5.69 Å². The molecule has 1 unspecified atom stereocenters. The molecular formula is C20H20N6O3. The summed E-state index contributed by atoms with van der Waals surface area (Å²) in [5.41, 5.74) is 2.24. The summed E-state index contributed by atoms with van der Waals surface area (Å²) in [7, 11) is 0. The van der Waals surface area contributed by atoms with Gasteiger partial charge in [-0.05, 0) is 30.9 Å². The number of carboxylic acid groups (broad SMARTS) is 1. The van der Waals surface area contributed by atoms with Crippen molar-refractivity contribution in [2.45, 2.75) is 19.8 Å². The van der Waals surface area contributed by atoms with Gasteiger partial charge in [0, 0.05) is 37.2 Å². The van der Waals surface area contributed by atoms with Crippen LogP contribution in [0.15, 0.2) is 43.1 Å². The molecule has 9 heteroatoms. The lowest BCUT2D eigenvalue weighted by Crippen LogP contribution is -2.39. The van der Waals surface area contributed by atoms with Crippen molar-refractivity contribution in [1.29, 1.82) is 0 Å². The predicted octanol–water partition coefficient (Wildman–Crippen LogP) is 2.29. The minimum atomic E-state index is -1.07. The molecule has 3 aromatic rings. The number of amides is 1. The van der Waals surface area contributed by atoms with Gasteiger partial charge in [0.15, 0.2) is 0 Å². The van der Waals surface area contributed by atoms with Gasteiger partial charge in [0.2, 0.25) is 0 Å². The molecule has 0 radical (unpaired) electrons. The number of piperidine rings is 1. The molecule has 1 aliphatic rings. The maximum atomic E-state index is 12.8. The molecule has 0 aromatic carbocycles. The summed E-state index contributed by atoms with van der Waals surface area (Å²) in [6.45, 7) is 3.67. The summed E-state index contributed by atoms with van der Waals surface area (Å²) < 4.78 is 1.44. The molecular weight excluding hydrogens is 372 g/mol. The highest BCUT2D eigenvalue weighted by molar-refractivity contribution is 5.95. The fourth-order valence-corrected chi connectivity index (χ4v) is 3.45. The highest BCUT2D eigenvalue weighted by Crippen LogP contribution is 2.21. The van der Waals surface area contributed by atoms with E-state index in [1.165, 1.54) is 23.1 Å². The Balaban J connectivity index is 1.59. The Morgan fingerprint density at radius 2 is 1.90 bits per heavy atom. The molecule has 1 atom stereocenters. The number of nitrogens with zero attached hydrogens (tertiary/aromatic N) is 6. The molecule has 3 aromatic heterocycles. The number of pyridine rings is 2. The van der Waals surface area contributed by atoms with E-state index in [1.807, 2.05) is 4.90 Å². The van der Waals surface area contributed by atoms with E-state index in [-0.39, 0.29) is 11.5 Å². The first-order chi connectivity index (χ1) is 14.0. The third-order valence-corrected chi connectivity index (χ3v) is 4.95. The molecule has 1 saturated heterocycles. The fourth-order valence-electron chi connectivity index (χ4n) is 3.45. The molecule has 9 nitrogen and oxygen atoms in total. The van der Waals surface area contributed by atoms with Crippen molar-refractivity contribution in [2.24, 2.45) is 5.92 Å². The first-order valence-electron chi connectivity index (χ1n) is 9.37. The summed E-state index contributed by atoms with van der Waals surface area (Å²) >= 11 is 0. The minimum absolute atomic E-state index is 0.0309. The van der Waals surface area contributed by atoms with E-state index >= 15 is 0 Å². The Morgan fingerprint density at radius 1 is 1.10 bits per heavy atom. The van der Waals surface area contributed by atoms with Gasteiger partial charge in [-0.2, -0.15) is 0 Å². The molecule has 1 fully saturated rings. The summed E-state index contributed by atoms with van der Waals surface area (Å²) in [6, 6.07) is 3.22. The molecule has 1 N–H and O–H groups in total. The molecule has 0 aliphatic carbocycles. The van der Waals surface area contributed by atoms with Gasteiger partial charge in [-0.15, -0.1) is 5.10 Å². The van der Waals surface area contributed by atoms with Crippen molar-refractivity contribution in [1.82, 2.24) is 29.9 Å². The van der Waals surface area contributed by atoms with Crippen LogP contribution >= 0.6 is 0 Å². The third-order valence-electron chi connectivity index (χ3n) is 4.95. The maximum Gasteiger partial charge on any atom is 0.337 e. The van der Waals surface area contributed by atoms with Gasteiger partial charge in [0.05, 0.1) is 29.2 Å². The number of aromatic nitrogens is 5. The van der Waals surface area contributed by atoms with E-state index in [0.29, 0.717) is 28.4 Å². The molecule has 148 valence electrons. The van der Waals surface area contributed by atoms with Gasteiger partial charge >= 0.3 is 5.97 Å². The molecule has 4 heterocycles. The van der Waals surface area contributed by atoms with Crippen LogP contribution in [0, 0.1) is 5.92 Å². The molecule has 0 spiro atoms. The second kappa shape index (κ2) is 7.78. The molecule has 4 rings (SSSR count). The van der Waals surface area contributed by atoms with E-state index < -0.39 is 5.97 Å². The van der Waals surface area contributed by atoms with Gasteiger partial charge in [-0.1, -0.05) is 12.1 Å². The van der Waals surface area contributed by atoms with Crippen molar-refractivity contribution >= 4 is 11.9 Å². The average molecular weight is 392 g/mol. The monoisotopic (exact) mass is 392 g/mol. The van der Waals surface area contributed by atoms with Crippen molar-refractivity contribution in [3.8, 4) is 16.9 Å². The van der Waals surface area contributed by atoms with E-state index in [0.717, 1.165) is 25.9 Å². The summed E-state index contributed by atoms with van der Waals surface area (Å²) in [4.78, 5) is 34.0. The lowest BCUT2D eigenvalue weighted by molar-refractivity contribution is 0.0678. The molecule has 1 amide bonds. The molecule has 29 heavy (non-hydrogen) atoms. The first kappa shape index (κ1) is 18.7. The average Bonchev–Trinajstić information content (AvgIpc) is 3.24. The van der Waals surface area contributed by atoms with E-state index in [2.05, 4.69) is 27.2 Å². The fraction of sp³-hybridized carbons (Fsp3) is 0.300. The van der Waals surface area contributed by atoms with Crippen molar-refractivity contribution < 1.29 is 14.7 Å². The number of hydrogen-bond acceptors (Lipinski definition) is 6. The number of likely N-dealkylation sites (tertiary alicyclic amines) is 1. The highest BCUT2D eigenvalue weighted by atomic mass is 16.4. The SMILES string of the molecule is CC1CCCN(C(=O)c2cncc(-c3cn(-c4cncc(C(=O)O)c4)nn3)c2)C1. The molecule has 0 bridgehead atoms. The molecule has 0 saturated carbocycles. The van der Waals surface area contributed by atoms with Crippen LogP contribution in [0.3, 0.4) is 0 Å². The molecule has 1 aliphatic heterocycles. The highest BCUT2D eigenvalue weighted by Gasteiger charge is 2.22. The number of hydrogen-bond donors (Lipinski definition) is 1. The van der Waals surface area contributed by atoms with Crippen LogP contribution in [0.25, 0.3) is 16.9 Å². The smallest absolute Gasteiger partial charge is 0.337 e. The standard InChI is InChI=1S/C20H20N6O3/c1-13-3-2-4-25(11-13)19(27)15-5-14(7-21-8-15)18-12-26(24-23-18)17-6-16(20(28)29)9-22-10-17/h5-10,12-13H,2-4,11H2,1H3,(H,28,29). The van der Waals surface area contributed by atoms with Crippen LogP contribution in [0.2, 0.25) is 0 Å². The lowest BCUT2D eigenvalue weighted by atomic mass is 9.99. The zero-order chi connectivity index (χ0) is 20.4. The largest absolute Gasteiger partial charge is 0.478 e. The zero-order valence-electron chi connectivity index (χ0n) is 15.9. The van der Waals surface area contributed by atoms with Gasteiger partial charge in [-0.25, -0.2) is 9.48 Å². The summed E-state index contributed by atoms with van der Waals surface area (Å²) in [5.74, 6) is -0.599. The van der Waals surface area contributed by atoms with Crippen LogP contribution in [0.4, 0.5) is 0 Å². The normalized spacial score (nSPS) is 16.6. The zero-order valence-corrected chi connectivity index (χ0v) is 15.9. The second-order valence-corrected chi connectivity index (χ2v) is 7.25. The van der Waals surface area contributed by atoms with Crippen LogP contribution in [0.1, 0.15) is 40.5 Å². The topological polar surface area (TPSA) is 114 Å². The van der Waals surface area contributed by atoms with E-state index in [1.54, 1.807) is 24.7 Å². The number of rotatable bonds is 4. The first-order valence-corrected chi connectivity index (χ1v) is 9.37. The number of carboxylic acids is 1. The second-order valence-electron chi connectivity index (χ2n) is 7.25. The Kier molecular flexibility index (Phi) is 5.03. The minimum Gasteiger partial charge on any atom is -0.478 e. The quantitative estimate of drug-likeness (QED) is 0.724. The van der Waals surface area contributed by atoms with Crippen molar-refractivity contribution in [3.05, 3.63) is 54.2 Å². The van der Waals surface area contributed by atoms with Crippen LogP contribution in [-0.4, -0.2) is 59.9 Å². The number of carbonyl (C=O) groups is 2. The van der Waals surface area contributed by atoms with Crippen LogP contribution in [-0.2, 0) is 0 Å². The summed E-state index contributed by atoms with van der Waals surface area (Å²) in [6.07, 6.45) is 9.76.